The Morgan fingerprint density at radius 1 is 1.13 bits per heavy atom. The van der Waals surface area contributed by atoms with Gasteiger partial charge >= 0.3 is 0 Å². The molecule has 0 saturated carbocycles. The van der Waals surface area contributed by atoms with Gasteiger partial charge in [-0.05, 0) is 42.3 Å². The standard InChI is InChI=1S/C21H23ClFN3O4S/c1-21(20(28)24-11-15-5-9-18(23)10-6-15)14-25(31(2,29)30)13-19(27)26(21)12-16-3-7-17(22)8-4-16/h3-10H,11-14H2,1-2H3,(H,24,28). The SMILES string of the molecule is CC1(C(=O)NCc2ccc(F)cc2)CN(S(C)(=O)=O)CC(=O)N1Cc1ccc(Cl)cc1. The second kappa shape index (κ2) is 8.94. The van der Waals surface area contributed by atoms with Crippen LogP contribution in [0.2, 0.25) is 5.02 Å². The normalized spacial score (nSPS) is 20.0. The van der Waals surface area contributed by atoms with Crippen molar-refractivity contribution in [1.82, 2.24) is 14.5 Å². The summed E-state index contributed by atoms with van der Waals surface area (Å²) in [7, 11) is -3.69. The Kier molecular flexibility index (Phi) is 6.68. The summed E-state index contributed by atoms with van der Waals surface area (Å²) in [6.07, 6.45) is 1.01. The molecule has 1 fully saturated rings. The maximum absolute atomic E-state index is 13.2. The van der Waals surface area contributed by atoms with Crippen molar-refractivity contribution in [2.75, 3.05) is 19.3 Å². The van der Waals surface area contributed by atoms with Gasteiger partial charge in [-0.15, -0.1) is 0 Å². The molecule has 10 heteroatoms. The van der Waals surface area contributed by atoms with Crippen molar-refractivity contribution < 1.29 is 22.4 Å². The van der Waals surface area contributed by atoms with E-state index in [0.717, 1.165) is 16.1 Å². The summed E-state index contributed by atoms with van der Waals surface area (Å²) in [5.74, 6) is -1.38. The highest BCUT2D eigenvalue weighted by Crippen LogP contribution is 2.27. The summed E-state index contributed by atoms with van der Waals surface area (Å²) in [4.78, 5) is 27.5. The van der Waals surface area contributed by atoms with Crippen LogP contribution in [0.1, 0.15) is 18.1 Å². The number of hydrogen-bond acceptors (Lipinski definition) is 4. The zero-order valence-electron chi connectivity index (χ0n) is 17.1. The zero-order valence-corrected chi connectivity index (χ0v) is 18.7. The van der Waals surface area contributed by atoms with E-state index in [1.807, 2.05) is 0 Å². The van der Waals surface area contributed by atoms with Gasteiger partial charge in [0, 0.05) is 24.7 Å². The molecule has 7 nitrogen and oxygen atoms in total. The molecule has 0 aliphatic carbocycles. The van der Waals surface area contributed by atoms with E-state index >= 15 is 0 Å². The van der Waals surface area contributed by atoms with Crippen LogP contribution in [-0.2, 0) is 32.7 Å². The van der Waals surface area contributed by atoms with Crippen molar-refractivity contribution in [2.24, 2.45) is 0 Å². The molecule has 0 bridgehead atoms. The Balaban J connectivity index is 1.87. The average molecular weight is 468 g/mol. The number of nitrogens with zero attached hydrogens (tertiary/aromatic N) is 2. The number of hydrogen-bond donors (Lipinski definition) is 1. The first-order valence-electron chi connectivity index (χ1n) is 9.52. The van der Waals surface area contributed by atoms with Crippen LogP contribution < -0.4 is 5.32 Å². The summed E-state index contributed by atoms with van der Waals surface area (Å²) >= 11 is 5.93. The van der Waals surface area contributed by atoms with E-state index < -0.39 is 33.2 Å². The largest absolute Gasteiger partial charge is 0.350 e. The molecule has 1 aliphatic heterocycles. The molecular formula is C21H23ClFN3O4S. The number of amides is 2. The van der Waals surface area contributed by atoms with Gasteiger partial charge in [-0.1, -0.05) is 35.9 Å². The highest BCUT2D eigenvalue weighted by Gasteiger charge is 2.49. The van der Waals surface area contributed by atoms with Gasteiger partial charge in [-0.25, -0.2) is 12.8 Å². The third-order valence-corrected chi connectivity index (χ3v) is 6.72. The fraction of sp³-hybridized carbons (Fsp3) is 0.333. The quantitative estimate of drug-likeness (QED) is 0.705. The van der Waals surface area contributed by atoms with E-state index in [0.29, 0.717) is 10.6 Å². The molecule has 2 aromatic rings. The van der Waals surface area contributed by atoms with Crippen molar-refractivity contribution in [3.63, 3.8) is 0 Å². The molecular weight excluding hydrogens is 445 g/mol. The van der Waals surface area contributed by atoms with Crippen LogP contribution in [0, 0.1) is 5.82 Å². The lowest BCUT2D eigenvalue weighted by molar-refractivity contribution is -0.153. The molecule has 1 heterocycles. The molecule has 1 aliphatic rings. The van der Waals surface area contributed by atoms with Gasteiger partial charge in [0.05, 0.1) is 12.8 Å². The first-order valence-corrected chi connectivity index (χ1v) is 11.7. The number of nitrogens with one attached hydrogen (secondary N) is 1. The van der Waals surface area contributed by atoms with E-state index in [-0.39, 0.29) is 26.2 Å². The fourth-order valence-corrected chi connectivity index (χ4v) is 4.39. The van der Waals surface area contributed by atoms with E-state index in [4.69, 9.17) is 11.6 Å². The predicted octanol–water partition coefficient (Wildman–Crippen LogP) is 2.16. The molecule has 166 valence electrons. The number of sulfonamides is 1. The number of rotatable bonds is 6. The lowest BCUT2D eigenvalue weighted by Gasteiger charge is -2.46. The maximum atomic E-state index is 13.2. The summed E-state index contributed by atoms with van der Waals surface area (Å²) in [5.41, 5.74) is -0.0224. The minimum Gasteiger partial charge on any atom is -0.350 e. The smallest absolute Gasteiger partial charge is 0.247 e. The summed E-state index contributed by atoms with van der Waals surface area (Å²) in [5, 5.41) is 3.29. The molecule has 2 aromatic carbocycles. The summed E-state index contributed by atoms with van der Waals surface area (Å²) in [6, 6.07) is 12.5. The Morgan fingerprint density at radius 3 is 2.29 bits per heavy atom. The highest BCUT2D eigenvalue weighted by atomic mass is 35.5. The van der Waals surface area contributed by atoms with E-state index in [1.54, 1.807) is 24.3 Å². The Labute approximate surface area is 185 Å². The Hall–Kier alpha value is -2.49. The molecule has 1 unspecified atom stereocenters. The van der Waals surface area contributed by atoms with Gasteiger partial charge in [0.1, 0.15) is 11.4 Å². The summed E-state index contributed by atoms with van der Waals surface area (Å²) in [6.45, 7) is 1.25. The van der Waals surface area contributed by atoms with Gasteiger partial charge in [-0.2, -0.15) is 4.31 Å². The van der Waals surface area contributed by atoms with Crippen molar-refractivity contribution in [3.05, 3.63) is 70.5 Å². The lowest BCUT2D eigenvalue weighted by atomic mass is 9.94. The average Bonchev–Trinajstić information content (AvgIpc) is 2.70. The van der Waals surface area contributed by atoms with Gasteiger partial charge < -0.3 is 10.2 Å². The zero-order chi connectivity index (χ0) is 22.8. The molecule has 0 radical (unpaired) electrons. The number of carbonyl (C=O) groups is 2. The van der Waals surface area contributed by atoms with Crippen LogP contribution in [0.5, 0.6) is 0 Å². The third-order valence-electron chi connectivity index (χ3n) is 5.27. The molecule has 1 N–H and O–H groups in total. The molecule has 2 amide bonds. The van der Waals surface area contributed by atoms with Crippen molar-refractivity contribution in [3.8, 4) is 0 Å². The monoisotopic (exact) mass is 467 g/mol. The first kappa shape index (κ1) is 23.2. The van der Waals surface area contributed by atoms with E-state index in [2.05, 4.69) is 5.32 Å². The first-order chi connectivity index (χ1) is 14.5. The van der Waals surface area contributed by atoms with E-state index in [1.165, 1.54) is 36.1 Å². The topological polar surface area (TPSA) is 86.8 Å². The molecule has 3 rings (SSSR count). The number of carbonyl (C=O) groups excluding carboxylic acids is 2. The van der Waals surface area contributed by atoms with Crippen LogP contribution in [0.25, 0.3) is 0 Å². The second-order valence-electron chi connectivity index (χ2n) is 7.72. The number of halogens is 2. The van der Waals surface area contributed by atoms with Crippen LogP contribution in [0.3, 0.4) is 0 Å². The number of piperazine rings is 1. The maximum Gasteiger partial charge on any atom is 0.247 e. The predicted molar refractivity (Wildman–Crippen MR) is 115 cm³/mol. The summed E-state index contributed by atoms with van der Waals surface area (Å²) < 4.78 is 38.4. The van der Waals surface area contributed by atoms with Crippen LogP contribution in [0.15, 0.2) is 48.5 Å². The minimum absolute atomic E-state index is 0.108. The van der Waals surface area contributed by atoms with Gasteiger partial charge in [0.2, 0.25) is 21.8 Å². The molecule has 0 spiro atoms. The third kappa shape index (κ3) is 5.41. The van der Waals surface area contributed by atoms with Crippen LogP contribution in [0.4, 0.5) is 4.39 Å². The van der Waals surface area contributed by atoms with Crippen LogP contribution in [-0.4, -0.2) is 54.3 Å². The Bertz CT molecular complexity index is 1080. The van der Waals surface area contributed by atoms with Crippen molar-refractivity contribution in [1.29, 1.82) is 0 Å². The second-order valence-corrected chi connectivity index (χ2v) is 10.1. The molecule has 1 atom stereocenters. The molecule has 31 heavy (non-hydrogen) atoms. The highest BCUT2D eigenvalue weighted by molar-refractivity contribution is 7.88. The van der Waals surface area contributed by atoms with Gasteiger partial charge in [-0.3, -0.25) is 9.59 Å². The Morgan fingerprint density at radius 2 is 1.71 bits per heavy atom. The molecule has 0 aromatic heterocycles. The minimum atomic E-state index is -3.69. The molecule has 1 saturated heterocycles. The van der Waals surface area contributed by atoms with Gasteiger partial charge in [0.25, 0.3) is 0 Å². The van der Waals surface area contributed by atoms with Gasteiger partial charge in [0.15, 0.2) is 0 Å². The van der Waals surface area contributed by atoms with E-state index in [9.17, 15) is 22.4 Å². The van der Waals surface area contributed by atoms with Crippen molar-refractivity contribution >= 4 is 33.4 Å². The van der Waals surface area contributed by atoms with Crippen LogP contribution >= 0.6 is 11.6 Å². The number of benzene rings is 2. The fourth-order valence-electron chi connectivity index (χ4n) is 3.44. The van der Waals surface area contributed by atoms with Crippen molar-refractivity contribution in [2.45, 2.75) is 25.6 Å². The lowest BCUT2D eigenvalue weighted by Crippen LogP contribution is -2.69.